The van der Waals surface area contributed by atoms with E-state index in [0.29, 0.717) is 19.0 Å². The second-order valence-electron chi connectivity index (χ2n) is 7.22. The molecule has 0 spiro atoms. The molecule has 0 atom stereocenters. The molecule has 0 saturated carbocycles. The third-order valence-corrected chi connectivity index (χ3v) is 4.31. The Bertz CT molecular complexity index is 725. The molecule has 0 bridgehead atoms. The van der Waals surface area contributed by atoms with Gasteiger partial charge in [0.2, 0.25) is 0 Å². The van der Waals surface area contributed by atoms with Gasteiger partial charge in [-0.25, -0.2) is 9.78 Å². The van der Waals surface area contributed by atoms with Gasteiger partial charge in [-0.2, -0.15) is 0 Å². The Labute approximate surface area is 142 Å². The molecule has 6 heteroatoms. The zero-order valence-corrected chi connectivity index (χ0v) is 14.8. The largest absolute Gasteiger partial charge is 0.497 e. The number of piperidine rings is 1. The van der Waals surface area contributed by atoms with Crippen LogP contribution in [0.2, 0.25) is 0 Å². The van der Waals surface area contributed by atoms with Crippen molar-refractivity contribution >= 4 is 11.7 Å². The third-order valence-electron chi connectivity index (χ3n) is 4.31. The maximum absolute atomic E-state index is 12.2. The lowest BCUT2D eigenvalue weighted by Crippen LogP contribution is -2.41. The quantitative estimate of drug-likeness (QED) is 0.846. The van der Waals surface area contributed by atoms with Gasteiger partial charge in [0.15, 0.2) is 0 Å². The topological polar surface area (TPSA) is 56.1 Å². The summed E-state index contributed by atoms with van der Waals surface area (Å²) in [5.41, 5.74) is 1.63. The lowest BCUT2D eigenvalue weighted by molar-refractivity contribution is 0.0204. The van der Waals surface area contributed by atoms with Crippen LogP contribution >= 0.6 is 0 Å². The molecule has 3 rings (SSSR count). The first-order valence-electron chi connectivity index (χ1n) is 8.36. The Morgan fingerprint density at radius 3 is 2.62 bits per heavy atom. The van der Waals surface area contributed by atoms with Crippen LogP contribution in [0.25, 0.3) is 5.65 Å². The predicted molar refractivity (Wildman–Crippen MR) is 91.5 cm³/mol. The second kappa shape index (κ2) is 6.34. The summed E-state index contributed by atoms with van der Waals surface area (Å²) in [6, 6.07) is 3.87. The van der Waals surface area contributed by atoms with E-state index in [1.54, 1.807) is 12.0 Å². The molecular weight excluding hydrogens is 306 g/mol. The number of ether oxygens (including phenoxy) is 2. The molecular formula is C18H25N3O3. The van der Waals surface area contributed by atoms with Crippen LogP contribution in [-0.4, -0.2) is 46.2 Å². The number of carbonyl (C=O) groups excluding carboxylic acids is 1. The summed E-state index contributed by atoms with van der Waals surface area (Å²) < 4.78 is 12.8. The molecule has 2 aromatic rings. The average Bonchev–Trinajstić information content (AvgIpc) is 2.96. The molecule has 0 radical (unpaired) electrons. The number of rotatable bonds is 2. The monoisotopic (exact) mass is 331 g/mol. The molecule has 1 aliphatic heterocycles. The van der Waals surface area contributed by atoms with Gasteiger partial charge >= 0.3 is 6.09 Å². The molecule has 0 aliphatic carbocycles. The van der Waals surface area contributed by atoms with E-state index in [1.807, 2.05) is 45.3 Å². The number of nitrogens with zero attached hydrogens (tertiary/aromatic N) is 3. The minimum absolute atomic E-state index is 0.219. The van der Waals surface area contributed by atoms with Gasteiger partial charge in [0.05, 0.1) is 7.11 Å². The minimum atomic E-state index is -0.450. The fourth-order valence-corrected chi connectivity index (χ4v) is 3.09. The van der Waals surface area contributed by atoms with Gasteiger partial charge in [-0.1, -0.05) is 0 Å². The summed E-state index contributed by atoms with van der Waals surface area (Å²) >= 11 is 0. The smallest absolute Gasteiger partial charge is 0.410 e. The van der Waals surface area contributed by atoms with Crippen molar-refractivity contribution in [3.8, 4) is 5.75 Å². The van der Waals surface area contributed by atoms with Crippen LogP contribution in [-0.2, 0) is 4.74 Å². The summed E-state index contributed by atoms with van der Waals surface area (Å²) in [5.74, 6) is 1.20. The normalized spacial score (nSPS) is 16.4. The standard InChI is InChI=1S/C18H25N3O3/c1-18(2,3)24-17(22)20-8-5-13(6-9-20)15-12-19-16-11-14(23-4)7-10-21(15)16/h7,10-13H,5-6,8-9H2,1-4H3. The SMILES string of the molecule is COc1ccn2c(C3CCN(C(=O)OC(C)(C)C)CC3)cnc2c1. The molecule has 0 aromatic carbocycles. The number of likely N-dealkylation sites (tertiary alicyclic amines) is 1. The third kappa shape index (κ3) is 3.47. The summed E-state index contributed by atoms with van der Waals surface area (Å²) in [4.78, 5) is 18.4. The molecule has 24 heavy (non-hydrogen) atoms. The molecule has 1 aliphatic rings. The van der Waals surface area contributed by atoms with Crippen molar-refractivity contribution in [1.29, 1.82) is 0 Å². The highest BCUT2D eigenvalue weighted by Crippen LogP contribution is 2.30. The number of carbonyl (C=O) groups is 1. The van der Waals surface area contributed by atoms with E-state index in [-0.39, 0.29) is 6.09 Å². The van der Waals surface area contributed by atoms with Crippen molar-refractivity contribution in [2.75, 3.05) is 20.2 Å². The molecule has 3 heterocycles. The highest BCUT2D eigenvalue weighted by atomic mass is 16.6. The number of amides is 1. The minimum Gasteiger partial charge on any atom is -0.497 e. The first-order chi connectivity index (χ1) is 11.4. The zero-order chi connectivity index (χ0) is 17.3. The summed E-state index contributed by atoms with van der Waals surface area (Å²) in [6.45, 7) is 7.10. The van der Waals surface area contributed by atoms with Crippen LogP contribution in [0.5, 0.6) is 5.75 Å². The summed E-state index contributed by atoms with van der Waals surface area (Å²) in [7, 11) is 1.65. The van der Waals surface area contributed by atoms with E-state index in [9.17, 15) is 4.79 Å². The number of pyridine rings is 1. The number of hydrogen-bond acceptors (Lipinski definition) is 4. The first kappa shape index (κ1) is 16.6. The van der Waals surface area contributed by atoms with Gasteiger partial charge < -0.3 is 18.8 Å². The fourth-order valence-electron chi connectivity index (χ4n) is 3.09. The average molecular weight is 331 g/mol. The maximum Gasteiger partial charge on any atom is 0.410 e. The van der Waals surface area contributed by atoms with Crippen LogP contribution in [0, 0.1) is 0 Å². The van der Waals surface area contributed by atoms with Gasteiger partial charge in [-0.3, -0.25) is 0 Å². The predicted octanol–water partition coefficient (Wildman–Crippen LogP) is 3.46. The van der Waals surface area contributed by atoms with E-state index in [2.05, 4.69) is 9.38 Å². The molecule has 130 valence electrons. The summed E-state index contributed by atoms with van der Waals surface area (Å²) in [5, 5.41) is 0. The van der Waals surface area contributed by atoms with Crippen molar-refractivity contribution in [1.82, 2.24) is 14.3 Å². The Kier molecular flexibility index (Phi) is 4.39. The molecule has 2 aromatic heterocycles. The summed E-state index contributed by atoms with van der Waals surface area (Å²) in [6.07, 6.45) is 5.54. The molecule has 0 unspecified atom stereocenters. The Morgan fingerprint density at radius 2 is 2.00 bits per heavy atom. The van der Waals surface area contributed by atoms with Crippen LogP contribution in [0.3, 0.4) is 0 Å². The number of fused-ring (bicyclic) bond motifs is 1. The fraction of sp³-hybridized carbons (Fsp3) is 0.556. The molecule has 0 N–H and O–H groups in total. The molecule has 1 amide bonds. The van der Waals surface area contributed by atoms with E-state index in [0.717, 1.165) is 24.2 Å². The Hall–Kier alpha value is -2.24. The van der Waals surface area contributed by atoms with Gasteiger partial charge in [0.1, 0.15) is 17.0 Å². The Balaban J connectivity index is 1.68. The van der Waals surface area contributed by atoms with Crippen LogP contribution in [0.15, 0.2) is 24.5 Å². The number of methoxy groups -OCH3 is 1. The van der Waals surface area contributed by atoms with Gasteiger partial charge in [-0.15, -0.1) is 0 Å². The highest BCUT2D eigenvalue weighted by Gasteiger charge is 2.28. The zero-order valence-electron chi connectivity index (χ0n) is 14.8. The number of imidazole rings is 1. The molecule has 1 saturated heterocycles. The first-order valence-corrected chi connectivity index (χ1v) is 8.36. The van der Waals surface area contributed by atoms with Crippen molar-refractivity contribution < 1.29 is 14.3 Å². The molecule has 6 nitrogen and oxygen atoms in total. The van der Waals surface area contributed by atoms with Gasteiger partial charge in [0.25, 0.3) is 0 Å². The Morgan fingerprint density at radius 1 is 1.29 bits per heavy atom. The lowest BCUT2D eigenvalue weighted by atomic mass is 9.94. The molecule has 1 fully saturated rings. The van der Waals surface area contributed by atoms with Gasteiger partial charge in [0, 0.05) is 43.2 Å². The number of aromatic nitrogens is 2. The van der Waals surface area contributed by atoms with Crippen molar-refractivity contribution in [3.63, 3.8) is 0 Å². The van der Waals surface area contributed by atoms with E-state index >= 15 is 0 Å². The maximum atomic E-state index is 12.2. The van der Waals surface area contributed by atoms with Crippen molar-refractivity contribution in [3.05, 3.63) is 30.2 Å². The second-order valence-corrected chi connectivity index (χ2v) is 7.22. The van der Waals surface area contributed by atoms with Crippen molar-refractivity contribution in [2.24, 2.45) is 0 Å². The van der Waals surface area contributed by atoms with Crippen molar-refractivity contribution in [2.45, 2.75) is 45.1 Å². The van der Waals surface area contributed by atoms with Crippen LogP contribution in [0.1, 0.15) is 45.2 Å². The van der Waals surface area contributed by atoms with E-state index < -0.39 is 5.60 Å². The van der Waals surface area contributed by atoms with Gasteiger partial charge in [-0.05, 0) is 39.7 Å². The lowest BCUT2D eigenvalue weighted by Gasteiger charge is -2.33. The highest BCUT2D eigenvalue weighted by molar-refractivity contribution is 5.68. The van der Waals surface area contributed by atoms with Crippen LogP contribution in [0.4, 0.5) is 4.79 Å². The number of hydrogen-bond donors (Lipinski definition) is 0. The van der Waals surface area contributed by atoms with Crippen LogP contribution < -0.4 is 4.74 Å². The van der Waals surface area contributed by atoms with E-state index in [4.69, 9.17) is 9.47 Å². The van der Waals surface area contributed by atoms with E-state index in [1.165, 1.54) is 5.69 Å².